The molecule has 30 heavy (non-hydrogen) atoms. The SMILES string of the molecule is CC(C)(Oc1cccc(CCc2ccc(OCc3ccc(Cl)cc3)cc2)c1)C(=O)O. The Labute approximate surface area is 182 Å². The lowest BCUT2D eigenvalue weighted by atomic mass is 10.0. The van der Waals surface area contributed by atoms with Crippen LogP contribution < -0.4 is 9.47 Å². The first-order valence-electron chi connectivity index (χ1n) is 9.79. The third-order valence-electron chi connectivity index (χ3n) is 4.73. The van der Waals surface area contributed by atoms with E-state index >= 15 is 0 Å². The fourth-order valence-electron chi connectivity index (χ4n) is 2.89. The number of hydrogen-bond donors (Lipinski definition) is 1. The van der Waals surface area contributed by atoms with Crippen LogP contribution in [0.4, 0.5) is 0 Å². The van der Waals surface area contributed by atoms with Crippen molar-refractivity contribution in [3.8, 4) is 11.5 Å². The summed E-state index contributed by atoms with van der Waals surface area (Å²) in [6.07, 6.45) is 1.69. The van der Waals surface area contributed by atoms with Crippen molar-refractivity contribution in [3.05, 3.63) is 94.5 Å². The van der Waals surface area contributed by atoms with Crippen LogP contribution in [-0.2, 0) is 24.2 Å². The summed E-state index contributed by atoms with van der Waals surface area (Å²) in [7, 11) is 0. The Bertz CT molecular complexity index is 979. The Morgan fingerprint density at radius 1 is 0.867 bits per heavy atom. The van der Waals surface area contributed by atoms with E-state index in [2.05, 4.69) is 12.1 Å². The highest BCUT2D eigenvalue weighted by Crippen LogP contribution is 2.22. The minimum absolute atomic E-state index is 0.496. The van der Waals surface area contributed by atoms with Crippen molar-refractivity contribution >= 4 is 17.6 Å². The number of hydrogen-bond acceptors (Lipinski definition) is 3. The van der Waals surface area contributed by atoms with E-state index in [9.17, 15) is 9.90 Å². The minimum Gasteiger partial charge on any atom is -0.489 e. The van der Waals surface area contributed by atoms with Crippen LogP contribution in [0.25, 0.3) is 0 Å². The Morgan fingerprint density at radius 2 is 1.50 bits per heavy atom. The van der Waals surface area contributed by atoms with Crippen LogP contribution in [0.2, 0.25) is 5.02 Å². The number of ether oxygens (including phenoxy) is 2. The van der Waals surface area contributed by atoms with E-state index in [-0.39, 0.29) is 0 Å². The second kappa shape index (κ2) is 9.68. The standard InChI is InChI=1S/C25H25ClO4/c1-25(2,24(27)28)30-23-5-3-4-19(16-23)7-6-18-10-14-22(15-11-18)29-17-20-8-12-21(26)13-9-20/h3-5,8-16H,6-7,17H2,1-2H3,(H,27,28). The van der Waals surface area contributed by atoms with Gasteiger partial charge in [0.25, 0.3) is 0 Å². The summed E-state index contributed by atoms with van der Waals surface area (Å²) >= 11 is 5.90. The fourth-order valence-corrected chi connectivity index (χ4v) is 3.02. The Morgan fingerprint density at radius 3 is 2.17 bits per heavy atom. The third kappa shape index (κ3) is 6.26. The van der Waals surface area contributed by atoms with Crippen molar-refractivity contribution in [2.24, 2.45) is 0 Å². The number of carboxylic acids is 1. The van der Waals surface area contributed by atoms with Gasteiger partial charge in [-0.2, -0.15) is 0 Å². The number of benzene rings is 3. The predicted octanol–water partition coefficient (Wildman–Crippen LogP) is 5.95. The monoisotopic (exact) mass is 424 g/mol. The summed E-state index contributed by atoms with van der Waals surface area (Å²) in [5, 5.41) is 9.93. The minimum atomic E-state index is -1.26. The molecule has 4 nitrogen and oxygen atoms in total. The van der Waals surface area contributed by atoms with Gasteiger partial charge in [-0.15, -0.1) is 0 Å². The number of rotatable bonds is 9. The van der Waals surface area contributed by atoms with Gasteiger partial charge in [-0.25, -0.2) is 4.79 Å². The van der Waals surface area contributed by atoms with Crippen LogP contribution in [0.1, 0.15) is 30.5 Å². The number of aliphatic carboxylic acids is 1. The fraction of sp³-hybridized carbons (Fsp3) is 0.240. The maximum absolute atomic E-state index is 11.2. The Kier molecular flexibility index (Phi) is 7.01. The highest BCUT2D eigenvalue weighted by molar-refractivity contribution is 6.30. The summed E-state index contributed by atoms with van der Waals surface area (Å²) in [4.78, 5) is 11.2. The van der Waals surface area contributed by atoms with E-state index in [0.29, 0.717) is 17.4 Å². The van der Waals surface area contributed by atoms with E-state index in [1.165, 1.54) is 5.56 Å². The zero-order chi connectivity index (χ0) is 21.6. The van der Waals surface area contributed by atoms with Crippen LogP contribution in [0, 0.1) is 0 Å². The van der Waals surface area contributed by atoms with Gasteiger partial charge in [0.05, 0.1) is 0 Å². The average molecular weight is 425 g/mol. The predicted molar refractivity (Wildman–Crippen MR) is 118 cm³/mol. The smallest absolute Gasteiger partial charge is 0.347 e. The molecule has 0 aliphatic carbocycles. The number of carboxylic acid groups (broad SMARTS) is 1. The van der Waals surface area contributed by atoms with Crippen LogP contribution >= 0.6 is 11.6 Å². The van der Waals surface area contributed by atoms with E-state index < -0.39 is 11.6 Å². The molecule has 3 rings (SSSR count). The Hall–Kier alpha value is -2.98. The molecule has 0 aliphatic heterocycles. The zero-order valence-electron chi connectivity index (χ0n) is 17.1. The lowest BCUT2D eigenvalue weighted by molar-refractivity contribution is -0.152. The molecule has 0 aromatic heterocycles. The maximum atomic E-state index is 11.2. The lowest BCUT2D eigenvalue weighted by Crippen LogP contribution is -2.37. The van der Waals surface area contributed by atoms with Crippen molar-refractivity contribution in [1.29, 1.82) is 0 Å². The van der Waals surface area contributed by atoms with Crippen molar-refractivity contribution < 1.29 is 19.4 Å². The molecule has 0 heterocycles. The van der Waals surface area contributed by atoms with Gasteiger partial charge in [0.15, 0.2) is 5.60 Å². The quantitative estimate of drug-likeness (QED) is 0.461. The van der Waals surface area contributed by atoms with Crippen LogP contribution in [0.3, 0.4) is 0 Å². The van der Waals surface area contributed by atoms with Crippen molar-refractivity contribution in [2.75, 3.05) is 0 Å². The second-order valence-electron chi connectivity index (χ2n) is 7.62. The third-order valence-corrected chi connectivity index (χ3v) is 4.98. The topological polar surface area (TPSA) is 55.8 Å². The Balaban J connectivity index is 1.53. The number of halogens is 1. The molecule has 3 aromatic rings. The largest absolute Gasteiger partial charge is 0.489 e. The molecule has 0 amide bonds. The van der Waals surface area contributed by atoms with Gasteiger partial charge in [-0.05, 0) is 79.8 Å². The average Bonchev–Trinajstić information content (AvgIpc) is 2.72. The molecule has 0 fully saturated rings. The molecule has 0 aliphatic rings. The van der Waals surface area contributed by atoms with Gasteiger partial charge >= 0.3 is 5.97 Å². The summed E-state index contributed by atoms with van der Waals surface area (Å²) < 4.78 is 11.4. The van der Waals surface area contributed by atoms with Crippen LogP contribution in [-0.4, -0.2) is 16.7 Å². The molecule has 1 N–H and O–H groups in total. The van der Waals surface area contributed by atoms with Crippen LogP contribution in [0.15, 0.2) is 72.8 Å². The summed E-state index contributed by atoms with van der Waals surface area (Å²) in [6, 6.07) is 23.3. The van der Waals surface area contributed by atoms with Crippen molar-refractivity contribution in [3.63, 3.8) is 0 Å². The summed E-state index contributed by atoms with van der Waals surface area (Å²) in [5.41, 5.74) is 2.10. The highest BCUT2D eigenvalue weighted by atomic mass is 35.5. The van der Waals surface area contributed by atoms with Gasteiger partial charge in [-0.3, -0.25) is 0 Å². The maximum Gasteiger partial charge on any atom is 0.347 e. The van der Waals surface area contributed by atoms with E-state index in [4.69, 9.17) is 21.1 Å². The first-order chi connectivity index (χ1) is 14.3. The van der Waals surface area contributed by atoms with E-state index in [0.717, 1.165) is 29.7 Å². The molecule has 0 atom stereocenters. The molecular formula is C25H25ClO4. The summed E-state index contributed by atoms with van der Waals surface area (Å²) in [5.74, 6) is 0.386. The highest BCUT2D eigenvalue weighted by Gasteiger charge is 2.29. The number of carbonyl (C=O) groups is 1. The van der Waals surface area contributed by atoms with Crippen molar-refractivity contribution in [2.45, 2.75) is 38.9 Å². The van der Waals surface area contributed by atoms with Gasteiger partial charge in [-0.1, -0.05) is 48.0 Å². The molecule has 0 saturated heterocycles. The molecule has 0 unspecified atom stereocenters. The molecule has 0 saturated carbocycles. The van der Waals surface area contributed by atoms with E-state index in [1.54, 1.807) is 19.9 Å². The van der Waals surface area contributed by atoms with Crippen molar-refractivity contribution in [1.82, 2.24) is 0 Å². The van der Waals surface area contributed by atoms with E-state index in [1.807, 2.05) is 54.6 Å². The first-order valence-corrected chi connectivity index (χ1v) is 10.2. The zero-order valence-corrected chi connectivity index (χ0v) is 17.9. The van der Waals surface area contributed by atoms with Gasteiger partial charge in [0.2, 0.25) is 0 Å². The molecular weight excluding hydrogens is 400 g/mol. The normalized spacial score (nSPS) is 11.2. The summed E-state index contributed by atoms with van der Waals surface area (Å²) in [6.45, 7) is 3.58. The van der Waals surface area contributed by atoms with Gasteiger partial charge in [0.1, 0.15) is 18.1 Å². The van der Waals surface area contributed by atoms with Gasteiger partial charge in [0, 0.05) is 5.02 Å². The molecule has 3 aromatic carbocycles. The number of aryl methyl sites for hydroxylation is 2. The molecule has 0 radical (unpaired) electrons. The first kappa shape index (κ1) is 21.7. The second-order valence-corrected chi connectivity index (χ2v) is 8.06. The molecule has 0 bridgehead atoms. The molecule has 0 spiro atoms. The van der Waals surface area contributed by atoms with Crippen LogP contribution in [0.5, 0.6) is 11.5 Å². The molecule has 156 valence electrons. The lowest BCUT2D eigenvalue weighted by Gasteiger charge is -2.21. The van der Waals surface area contributed by atoms with Gasteiger partial charge < -0.3 is 14.6 Å². The molecule has 5 heteroatoms.